The van der Waals surface area contributed by atoms with Crippen molar-refractivity contribution in [2.45, 2.75) is 20.3 Å². The van der Waals surface area contributed by atoms with Crippen LogP contribution in [0.3, 0.4) is 0 Å². The van der Waals surface area contributed by atoms with Crippen LogP contribution in [0.5, 0.6) is 0 Å². The molecule has 23 heavy (non-hydrogen) atoms. The highest BCUT2D eigenvalue weighted by Gasteiger charge is 2.13. The van der Waals surface area contributed by atoms with Crippen LogP contribution in [0.15, 0.2) is 47.3 Å². The first kappa shape index (κ1) is 14.9. The maximum Gasteiger partial charge on any atom is 0.268 e. The molecule has 4 nitrogen and oxygen atoms in total. The van der Waals surface area contributed by atoms with Crippen molar-refractivity contribution in [3.05, 3.63) is 69.5 Å². The number of nitrogens with one attached hydrogen (secondary N) is 2. The van der Waals surface area contributed by atoms with Crippen LogP contribution in [0.25, 0.3) is 10.9 Å². The van der Waals surface area contributed by atoms with Gasteiger partial charge in [0.1, 0.15) is 11.6 Å². The van der Waals surface area contributed by atoms with Crippen LogP contribution in [-0.2, 0) is 6.42 Å². The molecule has 0 spiro atoms. The maximum absolute atomic E-state index is 12.1. The molecule has 1 aromatic heterocycles. The molecule has 4 heteroatoms. The summed E-state index contributed by atoms with van der Waals surface area (Å²) < 4.78 is 0. The van der Waals surface area contributed by atoms with E-state index in [1.54, 1.807) is 0 Å². The van der Waals surface area contributed by atoms with Crippen molar-refractivity contribution in [1.82, 2.24) is 4.98 Å². The highest BCUT2D eigenvalue weighted by molar-refractivity contribution is 5.96. The number of benzene rings is 2. The minimum Gasteiger partial charge on any atom is -0.354 e. The second-order valence-corrected chi connectivity index (χ2v) is 5.54. The molecule has 3 aromatic rings. The fourth-order valence-corrected chi connectivity index (χ4v) is 2.61. The zero-order valence-corrected chi connectivity index (χ0v) is 13.1. The van der Waals surface area contributed by atoms with E-state index in [1.807, 2.05) is 55.5 Å². The summed E-state index contributed by atoms with van der Waals surface area (Å²) in [6, 6.07) is 15.8. The summed E-state index contributed by atoms with van der Waals surface area (Å²) in [5.41, 5.74) is 4.15. The van der Waals surface area contributed by atoms with Crippen molar-refractivity contribution in [3.8, 4) is 6.07 Å². The predicted octanol–water partition coefficient (Wildman–Crippen LogP) is 4.01. The van der Waals surface area contributed by atoms with E-state index < -0.39 is 0 Å². The van der Waals surface area contributed by atoms with Crippen molar-refractivity contribution in [1.29, 1.82) is 5.26 Å². The van der Waals surface area contributed by atoms with E-state index >= 15 is 0 Å². The number of aromatic nitrogens is 1. The minimum absolute atomic E-state index is 0.0997. The lowest BCUT2D eigenvalue weighted by Crippen LogP contribution is -2.13. The van der Waals surface area contributed by atoms with Gasteiger partial charge in [-0.15, -0.1) is 0 Å². The summed E-state index contributed by atoms with van der Waals surface area (Å²) in [4.78, 5) is 14.9. The maximum atomic E-state index is 12.1. The van der Waals surface area contributed by atoms with E-state index in [4.69, 9.17) is 0 Å². The molecule has 0 saturated heterocycles. The van der Waals surface area contributed by atoms with Crippen molar-refractivity contribution in [3.63, 3.8) is 0 Å². The molecule has 0 aliphatic carbocycles. The second-order valence-electron chi connectivity index (χ2n) is 5.54. The number of nitrogens with zero attached hydrogens (tertiary/aromatic N) is 1. The molecule has 0 fully saturated rings. The first-order chi connectivity index (χ1) is 11.1. The van der Waals surface area contributed by atoms with E-state index in [-0.39, 0.29) is 11.1 Å². The SMILES string of the molecule is CCc1ccc(Nc2c(C#N)c(=O)[nH]c3ccc(C)cc23)cc1. The number of hydrogen-bond acceptors (Lipinski definition) is 3. The molecule has 114 valence electrons. The van der Waals surface area contributed by atoms with Gasteiger partial charge >= 0.3 is 0 Å². The molecule has 0 amide bonds. The fraction of sp³-hybridized carbons (Fsp3) is 0.158. The van der Waals surface area contributed by atoms with Crippen molar-refractivity contribution in [2.24, 2.45) is 0 Å². The van der Waals surface area contributed by atoms with Crippen LogP contribution < -0.4 is 10.9 Å². The molecule has 1 heterocycles. The first-order valence-electron chi connectivity index (χ1n) is 7.55. The minimum atomic E-state index is -0.378. The molecular formula is C19H17N3O. The first-order valence-corrected chi connectivity index (χ1v) is 7.55. The third kappa shape index (κ3) is 2.82. The summed E-state index contributed by atoms with van der Waals surface area (Å²) >= 11 is 0. The highest BCUT2D eigenvalue weighted by Crippen LogP contribution is 2.28. The van der Waals surface area contributed by atoms with Gasteiger partial charge in [-0.3, -0.25) is 4.79 Å². The Hall–Kier alpha value is -3.06. The largest absolute Gasteiger partial charge is 0.354 e. The van der Waals surface area contributed by atoms with Gasteiger partial charge in [-0.2, -0.15) is 5.26 Å². The van der Waals surface area contributed by atoms with Gasteiger partial charge in [-0.1, -0.05) is 30.7 Å². The average molecular weight is 303 g/mol. The van der Waals surface area contributed by atoms with Crippen LogP contribution in [-0.4, -0.2) is 4.98 Å². The number of anilines is 2. The molecule has 0 unspecified atom stereocenters. The summed E-state index contributed by atoms with van der Waals surface area (Å²) in [5.74, 6) is 0. The molecule has 0 aliphatic rings. The fourth-order valence-electron chi connectivity index (χ4n) is 2.61. The number of fused-ring (bicyclic) bond motifs is 1. The smallest absolute Gasteiger partial charge is 0.268 e. The Morgan fingerprint density at radius 3 is 2.57 bits per heavy atom. The lowest BCUT2D eigenvalue weighted by molar-refractivity contribution is 1.14. The highest BCUT2D eigenvalue weighted by atomic mass is 16.1. The molecular weight excluding hydrogens is 286 g/mol. The third-order valence-electron chi connectivity index (χ3n) is 3.91. The molecule has 0 aliphatic heterocycles. The molecule has 0 saturated carbocycles. The molecule has 0 bridgehead atoms. The number of H-pyrrole nitrogens is 1. The van der Waals surface area contributed by atoms with E-state index in [0.717, 1.165) is 23.1 Å². The average Bonchev–Trinajstić information content (AvgIpc) is 2.56. The van der Waals surface area contributed by atoms with E-state index in [0.29, 0.717) is 11.2 Å². The van der Waals surface area contributed by atoms with Gasteiger partial charge in [0.2, 0.25) is 0 Å². The van der Waals surface area contributed by atoms with Crippen LogP contribution in [0.2, 0.25) is 0 Å². The van der Waals surface area contributed by atoms with Crippen molar-refractivity contribution < 1.29 is 0 Å². The molecule has 3 rings (SSSR count). The summed E-state index contributed by atoms with van der Waals surface area (Å²) in [6.07, 6.45) is 0.969. The van der Waals surface area contributed by atoms with Crippen LogP contribution in [0.4, 0.5) is 11.4 Å². The van der Waals surface area contributed by atoms with Crippen LogP contribution >= 0.6 is 0 Å². The van der Waals surface area contributed by atoms with Crippen molar-refractivity contribution in [2.75, 3.05) is 5.32 Å². The lowest BCUT2D eigenvalue weighted by atomic mass is 10.1. The number of nitriles is 1. The monoisotopic (exact) mass is 303 g/mol. The Morgan fingerprint density at radius 1 is 1.17 bits per heavy atom. The summed E-state index contributed by atoms with van der Waals surface area (Å²) in [7, 11) is 0. The standard InChI is InChI=1S/C19H17N3O/c1-3-13-5-7-14(8-6-13)21-18-15-10-12(2)4-9-17(15)22-19(23)16(18)11-20/h4-10H,3H2,1-2H3,(H2,21,22,23). The number of aryl methyl sites for hydroxylation is 2. The zero-order chi connectivity index (χ0) is 16.4. The normalized spacial score (nSPS) is 10.5. The number of hydrogen-bond donors (Lipinski definition) is 2. The van der Waals surface area contributed by atoms with Gasteiger partial charge in [0, 0.05) is 11.1 Å². The molecule has 0 radical (unpaired) electrons. The third-order valence-corrected chi connectivity index (χ3v) is 3.91. The number of pyridine rings is 1. The summed E-state index contributed by atoms with van der Waals surface area (Å²) in [6.45, 7) is 4.08. The van der Waals surface area contributed by atoms with Crippen molar-refractivity contribution >= 4 is 22.3 Å². The van der Waals surface area contributed by atoms with Gasteiger partial charge in [-0.25, -0.2) is 0 Å². The van der Waals surface area contributed by atoms with E-state index in [1.165, 1.54) is 5.56 Å². The zero-order valence-electron chi connectivity index (χ0n) is 13.1. The Balaban J connectivity index is 2.19. The summed E-state index contributed by atoms with van der Waals surface area (Å²) in [5, 5.41) is 13.5. The second kappa shape index (κ2) is 5.98. The van der Waals surface area contributed by atoms with Crippen LogP contribution in [0, 0.1) is 18.3 Å². The van der Waals surface area contributed by atoms with Crippen LogP contribution in [0.1, 0.15) is 23.6 Å². The molecule has 2 N–H and O–H groups in total. The number of rotatable bonds is 3. The Kier molecular flexibility index (Phi) is 3.86. The molecule has 0 atom stereocenters. The van der Waals surface area contributed by atoms with Gasteiger partial charge in [0.15, 0.2) is 0 Å². The van der Waals surface area contributed by atoms with Gasteiger partial charge in [-0.05, 0) is 43.2 Å². The van der Waals surface area contributed by atoms with Gasteiger partial charge < -0.3 is 10.3 Å². The molecule has 2 aromatic carbocycles. The predicted molar refractivity (Wildman–Crippen MR) is 93.1 cm³/mol. The topological polar surface area (TPSA) is 68.7 Å². The Bertz CT molecular complexity index is 963. The Labute approximate surface area is 134 Å². The lowest BCUT2D eigenvalue weighted by Gasteiger charge is -2.12. The van der Waals surface area contributed by atoms with E-state index in [9.17, 15) is 10.1 Å². The Morgan fingerprint density at radius 2 is 1.91 bits per heavy atom. The van der Waals surface area contributed by atoms with Gasteiger partial charge in [0.05, 0.1) is 11.2 Å². The number of aromatic amines is 1. The quantitative estimate of drug-likeness (QED) is 0.768. The van der Waals surface area contributed by atoms with E-state index in [2.05, 4.69) is 17.2 Å². The van der Waals surface area contributed by atoms with Gasteiger partial charge in [0.25, 0.3) is 5.56 Å².